The van der Waals surface area contributed by atoms with E-state index in [4.69, 9.17) is 0 Å². The van der Waals surface area contributed by atoms with Crippen LogP contribution in [0.2, 0.25) is 0 Å². The molecule has 2 atom stereocenters. The molecule has 2 unspecified atom stereocenters. The lowest BCUT2D eigenvalue weighted by Crippen LogP contribution is -2.48. The van der Waals surface area contributed by atoms with E-state index < -0.39 is 10.0 Å². The van der Waals surface area contributed by atoms with E-state index in [0.717, 1.165) is 18.4 Å². The average molecular weight is 351 g/mol. The van der Waals surface area contributed by atoms with Gasteiger partial charge in [0, 0.05) is 30.2 Å². The molecule has 0 spiro atoms. The molecule has 1 aromatic carbocycles. The van der Waals surface area contributed by atoms with Crippen molar-refractivity contribution < 1.29 is 13.2 Å². The van der Waals surface area contributed by atoms with E-state index >= 15 is 0 Å². The summed E-state index contributed by atoms with van der Waals surface area (Å²) in [5.74, 6) is 0.00752. The molecule has 0 aliphatic carbocycles. The maximum atomic E-state index is 12.4. The van der Waals surface area contributed by atoms with Crippen LogP contribution in [0.4, 0.5) is 0 Å². The third kappa shape index (κ3) is 4.34. The quantitative estimate of drug-likeness (QED) is 0.717. The van der Waals surface area contributed by atoms with E-state index in [1.807, 2.05) is 0 Å². The lowest BCUT2D eigenvalue weighted by atomic mass is 9.99. The van der Waals surface area contributed by atoms with Crippen molar-refractivity contribution in [2.24, 2.45) is 0 Å². The van der Waals surface area contributed by atoms with Crippen molar-refractivity contribution in [3.05, 3.63) is 35.4 Å². The minimum Gasteiger partial charge on any atom is -0.349 e. The van der Waals surface area contributed by atoms with E-state index in [2.05, 4.69) is 15.4 Å². The van der Waals surface area contributed by atoms with Crippen LogP contribution in [-0.2, 0) is 16.6 Å². The first-order valence-corrected chi connectivity index (χ1v) is 10.2. The van der Waals surface area contributed by atoms with Crippen LogP contribution in [0.1, 0.15) is 48.5 Å². The summed E-state index contributed by atoms with van der Waals surface area (Å²) in [5.41, 5.74) is 1.45. The second-order valence-electron chi connectivity index (χ2n) is 6.70. The number of nitrogens with one attached hydrogen (secondary N) is 3. The summed E-state index contributed by atoms with van der Waals surface area (Å²) >= 11 is 0. The molecular formula is C17H25N3O3S. The molecule has 2 aliphatic rings. The largest absolute Gasteiger partial charge is 0.349 e. The van der Waals surface area contributed by atoms with E-state index in [-0.39, 0.29) is 24.2 Å². The van der Waals surface area contributed by atoms with Crippen LogP contribution in [0.5, 0.6) is 0 Å². The Morgan fingerprint density at radius 1 is 1.17 bits per heavy atom. The van der Waals surface area contributed by atoms with Gasteiger partial charge in [0.1, 0.15) is 0 Å². The number of sulfonamides is 1. The molecule has 6 nitrogen and oxygen atoms in total. The summed E-state index contributed by atoms with van der Waals surface area (Å²) in [6, 6.07) is 8.41. The van der Waals surface area contributed by atoms with Crippen LogP contribution in [-0.4, -0.2) is 38.2 Å². The Hall–Kier alpha value is -1.44. The molecule has 24 heavy (non-hydrogen) atoms. The van der Waals surface area contributed by atoms with E-state index in [9.17, 15) is 13.2 Å². The predicted octanol–water partition coefficient (Wildman–Crippen LogP) is 1.14. The number of carbonyl (C=O) groups is 1. The van der Waals surface area contributed by atoms with Crippen LogP contribution in [0, 0.1) is 0 Å². The number of hydrogen-bond donors (Lipinski definition) is 3. The molecule has 3 rings (SSSR count). The molecule has 0 radical (unpaired) electrons. The summed E-state index contributed by atoms with van der Waals surface area (Å²) < 4.78 is 25.4. The number of carbonyl (C=O) groups excluding carboxylic acids is 1. The highest BCUT2D eigenvalue weighted by atomic mass is 32.2. The third-order valence-electron chi connectivity index (χ3n) is 4.90. The van der Waals surface area contributed by atoms with Gasteiger partial charge in [0.2, 0.25) is 10.0 Å². The Balaban J connectivity index is 1.54. The Bertz CT molecular complexity index is 676. The first-order valence-electron chi connectivity index (χ1n) is 8.58. The fourth-order valence-electron chi connectivity index (χ4n) is 3.51. The minimum absolute atomic E-state index is 0.0537. The zero-order chi connectivity index (χ0) is 17.2. The molecule has 0 aromatic heterocycles. The molecule has 2 aliphatic heterocycles. The summed E-state index contributed by atoms with van der Waals surface area (Å²) in [7, 11) is -3.20. The van der Waals surface area contributed by atoms with Gasteiger partial charge in [-0.25, -0.2) is 13.1 Å². The zero-order valence-corrected chi connectivity index (χ0v) is 14.7. The predicted molar refractivity (Wildman–Crippen MR) is 93.2 cm³/mol. The smallest absolute Gasteiger partial charge is 0.251 e. The van der Waals surface area contributed by atoms with Crippen LogP contribution >= 0.6 is 0 Å². The van der Waals surface area contributed by atoms with Crippen LogP contribution in [0.25, 0.3) is 0 Å². The van der Waals surface area contributed by atoms with E-state index in [1.165, 1.54) is 12.8 Å². The summed E-state index contributed by atoms with van der Waals surface area (Å²) in [4.78, 5) is 12.4. The third-order valence-corrected chi connectivity index (χ3v) is 6.24. The molecule has 7 heteroatoms. The van der Waals surface area contributed by atoms with Crippen LogP contribution in [0.15, 0.2) is 24.3 Å². The highest BCUT2D eigenvalue weighted by Crippen LogP contribution is 2.26. The fraction of sp³-hybridized carbons (Fsp3) is 0.588. The Morgan fingerprint density at radius 2 is 1.79 bits per heavy atom. The summed E-state index contributed by atoms with van der Waals surface area (Å²) in [6.45, 7) is 1.85. The number of piperidine rings is 1. The van der Waals surface area contributed by atoms with Crippen molar-refractivity contribution in [3.63, 3.8) is 0 Å². The van der Waals surface area contributed by atoms with Gasteiger partial charge in [-0.1, -0.05) is 12.1 Å². The molecule has 0 saturated carbocycles. The molecule has 2 saturated heterocycles. The highest BCUT2D eigenvalue weighted by Gasteiger charge is 2.34. The Morgan fingerprint density at radius 3 is 2.38 bits per heavy atom. The second kappa shape index (κ2) is 7.21. The number of hydrogen-bond acceptors (Lipinski definition) is 4. The number of amides is 1. The monoisotopic (exact) mass is 351 g/mol. The second-order valence-corrected chi connectivity index (χ2v) is 8.80. The van der Waals surface area contributed by atoms with Crippen molar-refractivity contribution >= 4 is 15.9 Å². The Labute approximate surface area is 143 Å². The van der Waals surface area contributed by atoms with Crippen molar-refractivity contribution in [3.8, 4) is 0 Å². The summed E-state index contributed by atoms with van der Waals surface area (Å²) in [5, 5.41) is 6.69. The van der Waals surface area contributed by atoms with Crippen molar-refractivity contribution in [1.82, 2.24) is 15.4 Å². The molecule has 2 fully saturated rings. The van der Waals surface area contributed by atoms with Gasteiger partial charge in [0.05, 0.1) is 5.75 Å². The van der Waals surface area contributed by atoms with Gasteiger partial charge in [0.25, 0.3) is 5.91 Å². The molecule has 132 valence electrons. The van der Waals surface area contributed by atoms with Gasteiger partial charge in [-0.3, -0.25) is 4.79 Å². The molecule has 1 amide bonds. The lowest BCUT2D eigenvalue weighted by molar-refractivity contribution is 0.0924. The zero-order valence-electron chi connectivity index (χ0n) is 13.9. The molecule has 2 heterocycles. The molecule has 2 bridgehead atoms. The topological polar surface area (TPSA) is 87.3 Å². The molecular weight excluding hydrogens is 326 g/mol. The molecule has 3 N–H and O–H groups in total. The van der Waals surface area contributed by atoms with Crippen LogP contribution in [0.3, 0.4) is 0 Å². The van der Waals surface area contributed by atoms with Gasteiger partial charge >= 0.3 is 0 Å². The van der Waals surface area contributed by atoms with Gasteiger partial charge in [-0.05, 0) is 50.3 Å². The van der Waals surface area contributed by atoms with Gasteiger partial charge in [0.15, 0.2) is 0 Å². The van der Waals surface area contributed by atoms with E-state index in [1.54, 1.807) is 31.2 Å². The van der Waals surface area contributed by atoms with Gasteiger partial charge < -0.3 is 10.6 Å². The van der Waals surface area contributed by atoms with Gasteiger partial charge in [-0.15, -0.1) is 0 Å². The van der Waals surface area contributed by atoms with E-state index in [0.29, 0.717) is 17.6 Å². The maximum Gasteiger partial charge on any atom is 0.251 e. The standard InChI is InChI=1S/C17H25N3O3S/c1-2-24(22,23)18-11-12-3-5-13(6-4-12)17(21)20-16-9-14-7-8-15(10-16)19-14/h3-6,14-16,18-19H,2,7-11H2,1H3,(H,20,21). The Kier molecular flexibility index (Phi) is 5.22. The minimum atomic E-state index is -3.20. The first kappa shape index (κ1) is 17.4. The summed E-state index contributed by atoms with van der Waals surface area (Å²) in [6.07, 6.45) is 4.41. The van der Waals surface area contributed by atoms with Crippen molar-refractivity contribution in [1.29, 1.82) is 0 Å². The van der Waals surface area contributed by atoms with Crippen molar-refractivity contribution in [2.45, 2.75) is 57.3 Å². The lowest BCUT2D eigenvalue weighted by Gasteiger charge is -2.29. The first-order chi connectivity index (χ1) is 11.4. The highest BCUT2D eigenvalue weighted by molar-refractivity contribution is 7.89. The SMILES string of the molecule is CCS(=O)(=O)NCc1ccc(C(=O)NC2CC3CCC(C2)N3)cc1. The fourth-order valence-corrected chi connectivity index (χ4v) is 4.10. The number of fused-ring (bicyclic) bond motifs is 2. The van der Waals surface area contributed by atoms with Gasteiger partial charge in [-0.2, -0.15) is 0 Å². The molecule has 1 aromatic rings. The average Bonchev–Trinajstić information content (AvgIpc) is 2.92. The number of benzene rings is 1. The normalized spacial score (nSPS) is 26.3. The number of rotatable bonds is 6. The maximum absolute atomic E-state index is 12.4. The van der Waals surface area contributed by atoms with Crippen LogP contribution < -0.4 is 15.4 Å². The van der Waals surface area contributed by atoms with Crippen molar-refractivity contribution in [2.75, 3.05) is 5.75 Å².